The van der Waals surface area contributed by atoms with E-state index in [2.05, 4.69) is 5.32 Å². The lowest BCUT2D eigenvalue weighted by Gasteiger charge is -2.10. The molecule has 0 saturated heterocycles. The van der Waals surface area contributed by atoms with E-state index in [0.717, 1.165) is 5.56 Å². The lowest BCUT2D eigenvalue weighted by molar-refractivity contribution is -0.119. The van der Waals surface area contributed by atoms with Crippen LogP contribution in [0.4, 0.5) is 0 Å². The molecule has 1 aromatic carbocycles. The molecule has 2 N–H and O–H groups in total. The summed E-state index contributed by atoms with van der Waals surface area (Å²) in [5, 5.41) is 12.1. The van der Waals surface area contributed by atoms with Gasteiger partial charge in [0.05, 0.1) is 6.10 Å². The van der Waals surface area contributed by atoms with Crippen molar-refractivity contribution in [3.8, 4) is 0 Å². The quantitative estimate of drug-likeness (QED) is 0.852. The highest BCUT2D eigenvalue weighted by molar-refractivity contribution is 5.72. The number of aliphatic hydroxyl groups is 1. The predicted molar refractivity (Wildman–Crippen MR) is 72.8 cm³/mol. The molecule has 1 unspecified atom stereocenters. The number of hydrogen-bond donors (Lipinski definition) is 2. The average Bonchev–Trinajstić information content (AvgIpc) is 2.41. The molecule has 0 aliphatic rings. The number of amides is 1. The van der Waals surface area contributed by atoms with E-state index < -0.39 is 6.10 Å². The summed E-state index contributed by atoms with van der Waals surface area (Å²) in [5.74, 6) is -0.130. The Labute approximate surface area is 105 Å². The molecule has 17 heavy (non-hydrogen) atoms. The van der Waals surface area contributed by atoms with Crippen molar-refractivity contribution in [1.82, 2.24) is 5.32 Å². The maximum absolute atomic E-state index is 10.6. The third kappa shape index (κ3) is 9.57. The van der Waals surface area contributed by atoms with Crippen molar-refractivity contribution in [1.29, 1.82) is 0 Å². The SMILES string of the molecule is CC.CC.CC(=O)NCC(O)c1ccccc1. The molecule has 1 aromatic rings. The van der Waals surface area contributed by atoms with Crippen molar-refractivity contribution >= 4 is 5.91 Å². The first kappa shape index (κ1) is 18.0. The van der Waals surface area contributed by atoms with Gasteiger partial charge in [-0.25, -0.2) is 0 Å². The van der Waals surface area contributed by atoms with Crippen LogP contribution in [-0.2, 0) is 4.79 Å². The van der Waals surface area contributed by atoms with Crippen molar-refractivity contribution in [2.45, 2.75) is 40.7 Å². The Morgan fingerprint density at radius 1 is 1.18 bits per heavy atom. The summed E-state index contributed by atoms with van der Waals surface area (Å²) in [4.78, 5) is 10.6. The molecular formula is C14H25NO2. The first-order valence-corrected chi connectivity index (χ1v) is 6.17. The zero-order chi connectivity index (χ0) is 13.7. The van der Waals surface area contributed by atoms with Crippen molar-refractivity contribution in [2.24, 2.45) is 0 Å². The van der Waals surface area contributed by atoms with Gasteiger partial charge in [0.2, 0.25) is 5.91 Å². The van der Waals surface area contributed by atoms with E-state index in [1.807, 2.05) is 58.0 Å². The average molecular weight is 239 g/mol. The molecule has 3 heteroatoms. The second-order valence-electron chi connectivity index (χ2n) is 2.86. The zero-order valence-corrected chi connectivity index (χ0v) is 11.5. The molecule has 0 heterocycles. The Balaban J connectivity index is 0. The van der Waals surface area contributed by atoms with Crippen LogP contribution in [0.5, 0.6) is 0 Å². The van der Waals surface area contributed by atoms with Crippen LogP contribution in [0, 0.1) is 0 Å². The molecule has 0 aromatic heterocycles. The Hall–Kier alpha value is -1.35. The molecule has 0 radical (unpaired) electrons. The first-order chi connectivity index (χ1) is 8.20. The lowest BCUT2D eigenvalue weighted by atomic mass is 10.1. The van der Waals surface area contributed by atoms with Gasteiger partial charge in [0.15, 0.2) is 0 Å². The molecule has 1 rings (SSSR count). The summed E-state index contributed by atoms with van der Waals surface area (Å²) >= 11 is 0. The number of rotatable bonds is 3. The Morgan fingerprint density at radius 3 is 2.06 bits per heavy atom. The summed E-state index contributed by atoms with van der Waals surface area (Å²) in [6.07, 6.45) is -0.620. The van der Waals surface area contributed by atoms with E-state index in [-0.39, 0.29) is 12.5 Å². The normalized spacial score (nSPS) is 10.0. The van der Waals surface area contributed by atoms with Gasteiger partial charge in [0.25, 0.3) is 0 Å². The van der Waals surface area contributed by atoms with Gasteiger partial charge in [-0.2, -0.15) is 0 Å². The highest BCUT2D eigenvalue weighted by atomic mass is 16.3. The highest BCUT2D eigenvalue weighted by Crippen LogP contribution is 2.09. The third-order valence-corrected chi connectivity index (χ3v) is 1.73. The van der Waals surface area contributed by atoms with Gasteiger partial charge >= 0.3 is 0 Å². The fourth-order valence-electron chi connectivity index (χ4n) is 1.03. The number of benzene rings is 1. The largest absolute Gasteiger partial charge is 0.387 e. The van der Waals surface area contributed by atoms with Crippen LogP contribution in [-0.4, -0.2) is 17.6 Å². The molecule has 1 amide bonds. The molecule has 0 aliphatic heterocycles. The second-order valence-corrected chi connectivity index (χ2v) is 2.86. The minimum Gasteiger partial charge on any atom is -0.387 e. The topological polar surface area (TPSA) is 49.3 Å². The number of carbonyl (C=O) groups is 1. The van der Waals surface area contributed by atoms with E-state index in [1.165, 1.54) is 6.92 Å². The van der Waals surface area contributed by atoms with E-state index >= 15 is 0 Å². The van der Waals surface area contributed by atoms with Crippen LogP contribution >= 0.6 is 0 Å². The molecule has 0 bridgehead atoms. The van der Waals surface area contributed by atoms with Crippen molar-refractivity contribution < 1.29 is 9.90 Å². The molecule has 0 aliphatic carbocycles. The maximum Gasteiger partial charge on any atom is 0.216 e. The predicted octanol–water partition coefficient (Wildman–Crippen LogP) is 2.91. The number of aliphatic hydroxyl groups excluding tert-OH is 1. The lowest BCUT2D eigenvalue weighted by Crippen LogP contribution is -2.25. The summed E-state index contributed by atoms with van der Waals surface area (Å²) < 4.78 is 0. The fourth-order valence-corrected chi connectivity index (χ4v) is 1.03. The molecule has 1 atom stereocenters. The molecule has 98 valence electrons. The van der Waals surface area contributed by atoms with Crippen LogP contribution in [0.25, 0.3) is 0 Å². The van der Waals surface area contributed by atoms with Gasteiger partial charge in [0.1, 0.15) is 0 Å². The van der Waals surface area contributed by atoms with E-state index in [9.17, 15) is 9.90 Å². The van der Waals surface area contributed by atoms with Gasteiger partial charge in [0, 0.05) is 13.5 Å². The summed E-state index contributed by atoms with van der Waals surface area (Å²) in [5.41, 5.74) is 0.816. The fraction of sp³-hybridized carbons (Fsp3) is 0.500. The first-order valence-electron chi connectivity index (χ1n) is 6.17. The van der Waals surface area contributed by atoms with Gasteiger partial charge in [-0.3, -0.25) is 4.79 Å². The third-order valence-electron chi connectivity index (χ3n) is 1.73. The molecule has 0 fully saturated rings. The summed E-state index contributed by atoms with van der Waals surface area (Å²) in [6.45, 7) is 9.69. The Bertz CT molecular complexity index is 273. The smallest absolute Gasteiger partial charge is 0.216 e. The van der Waals surface area contributed by atoms with Gasteiger partial charge in [-0.05, 0) is 5.56 Å². The maximum atomic E-state index is 10.6. The summed E-state index contributed by atoms with van der Waals surface area (Å²) in [7, 11) is 0. The Morgan fingerprint density at radius 2 is 1.65 bits per heavy atom. The van der Waals surface area contributed by atoms with E-state index in [1.54, 1.807) is 0 Å². The molecule has 0 spiro atoms. The molecular weight excluding hydrogens is 214 g/mol. The molecule has 3 nitrogen and oxygen atoms in total. The number of carbonyl (C=O) groups excluding carboxylic acids is 1. The van der Waals surface area contributed by atoms with Crippen LogP contribution in [0.1, 0.15) is 46.3 Å². The number of hydrogen-bond acceptors (Lipinski definition) is 2. The second kappa shape index (κ2) is 12.7. The highest BCUT2D eigenvalue weighted by Gasteiger charge is 2.05. The Kier molecular flexibility index (Phi) is 13.5. The van der Waals surface area contributed by atoms with Crippen molar-refractivity contribution in [3.05, 3.63) is 35.9 Å². The minimum absolute atomic E-state index is 0.130. The van der Waals surface area contributed by atoms with Gasteiger partial charge in [-0.1, -0.05) is 58.0 Å². The van der Waals surface area contributed by atoms with Crippen molar-refractivity contribution in [2.75, 3.05) is 6.54 Å². The summed E-state index contributed by atoms with van der Waals surface area (Å²) in [6, 6.07) is 9.24. The monoisotopic (exact) mass is 239 g/mol. The van der Waals surface area contributed by atoms with Gasteiger partial charge < -0.3 is 10.4 Å². The van der Waals surface area contributed by atoms with Crippen LogP contribution in [0.15, 0.2) is 30.3 Å². The van der Waals surface area contributed by atoms with Crippen LogP contribution < -0.4 is 5.32 Å². The van der Waals surface area contributed by atoms with Crippen LogP contribution in [0.3, 0.4) is 0 Å². The number of nitrogens with one attached hydrogen (secondary N) is 1. The zero-order valence-electron chi connectivity index (χ0n) is 11.5. The minimum atomic E-state index is -0.620. The standard InChI is InChI=1S/C10H13NO2.2C2H6/c1-8(12)11-7-10(13)9-5-3-2-4-6-9;2*1-2/h2-6,10,13H,7H2,1H3,(H,11,12);2*1-2H3. The van der Waals surface area contributed by atoms with E-state index in [4.69, 9.17) is 0 Å². The van der Waals surface area contributed by atoms with E-state index in [0.29, 0.717) is 0 Å². The van der Waals surface area contributed by atoms with Crippen LogP contribution in [0.2, 0.25) is 0 Å². The molecule has 0 saturated carbocycles. The van der Waals surface area contributed by atoms with Crippen molar-refractivity contribution in [3.63, 3.8) is 0 Å². The van der Waals surface area contributed by atoms with Gasteiger partial charge in [-0.15, -0.1) is 0 Å².